The molecule has 1 atom stereocenters. The van der Waals surface area contributed by atoms with E-state index < -0.39 is 37.0 Å². The molecule has 11 rings (SSSR count). The number of piperazine rings is 1. The smallest absolute Gasteiger partial charge is 0.293 e. The van der Waals surface area contributed by atoms with Gasteiger partial charge in [-0.25, -0.2) is 18.1 Å². The number of nitrogens with one attached hydrogen (secondary N) is 3. The van der Waals surface area contributed by atoms with Crippen molar-refractivity contribution in [3.05, 3.63) is 142 Å². The fraction of sp³-hybridized carbons (Fsp3) is 0.458. The van der Waals surface area contributed by atoms with E-state index in [-0.39, 0.29) is 34.4 Å². The maximum Gasteiger partial charge on any atom is 0.293 e. The van der Waals surface area contributed by atoms with Gasteiger partial charge < -0.3 is 29.8 Å². The minimum Gasteiger partial charge on any atom is -0.490 e. The van der Waals surface area contributed by atoms with Crippen LogP contribution in [0.25, 0.3) is 11.0 Å². The van der Waals surface area contributed by atoms with Crippen LogP contribution in [0.1, 0.15) is 124 Å². The number of nitrogens with zero attached hydrogens (tertiary/aromatic N) is 5. The highest BCUT2D eigenvalue weighted by Crippen LogP contribution is 2.53. The number of anilines is 2. The molecule has 2 aliphatic heterocycles. The van der Waals surface area contributed by atoms with Crippen LogP contribution in [0.5, 0.6) is 17.2 Å². The first-order valence-electron chi connectivity index (χ1n) is 27.2. The second-order valence-electron chi connectivity index (χ2n) is 22.8. The summed E-state index contributed by atoms with van der Waals surface area (Å²) < 4.78 is 42.5. The number of fused-ring (bicyclic) bond motifs is 1. The molecule has 4 heterocycles. The van der Waals surface area contributed by atoms with Crippen molar-refractivity contribution < 1.29 is 32.7 Å². The number of nitro groups is 1. The van der Waals surface area contributed by atoms with Crippen LogP contribution in [0, 0.1) is 21.4 Å². The third-order valence-electron chi connectivity index (χ3n) is 16.9. The van der Waals surface area contributed by atoms with Crippen LogP contribution in [0.4, 0.5) is 17.1 Å². The zero-order valence-electron chi connectivity index (χ0n) is 43.7. The first-order chi connectivity index (χ1) is 36.6. The number of H-pyrrole nitrogens is 1. The Morgan fingerprint density at radius 1 is 0.908 bits per heavy atom. The Bertz CT molecular complexity index is 3200. The van der Waals surface area contributed by atoms with Gasteiger partial charge in [0.25, 0.3) is 21.6 Å². The summed E-state index contributed by atoms with van der Waals surface area (Å²) >= 11 is 0. The number of sulfonamides is 1. The van der Waals surface area contributed by atoms with Gasteiger partial charge in [-0.2, -0.15) is 0 Å². The molecule has 400 valence electrons. The normalized spacial score (nSPS) is 22.4. The monoisotopic (exact) mass is 1050 g/mol. The Kier molecular flexibility index (Phi) is 14.3. The van der Waals surface area contributed by atoms with Crippen molar-refractivity contribution in [2.24, 2.45) is 11.3 Å². The van der Waals surface area contributed by atoms with Crippen molar-refractivity contribution in [3.63, 3.8) is 0 Å². The van der Waals surface area contributed by atoms with E-state index in [0.29, 0.717) is 48.8 Å². The number of piperidine rings is 1. The molecule has 2 saturated heterocycles. The van der Waals surface area contributed by atoms with Gasteiger partial charge in [-0.05, 0) is 154 Å². The van der Waals surface area contributed by atoms with Crippen molar-refractivity contribution >= 4 is 44.0 Å². The van der Waals surface area contributed by atoms with Crippen LogP contribution in [0.15, 0.2) is 114 Å². The number of nitro benzene ring substituents is 1. The standard InChI is InChI=1S/C59H70N8O8S/c1-39(2)49-9-4-5-10-50(49)54-38-64(37-41-7-6-8-46(29-41)74-45-12-13-45)27-28-66(54)44-33-59(34-44)22-25-65(26-23-59)43-11-15-51(55(31-43)75-47-30-42-19-24-60-56(42)62-36-47)57(68)63-76(72,73)48-14-16-52(53(32-48)67(70)71)61-35-40-17-20-58(3,69)21-18-40/h4-11,14-16,19,24,29-32,36,39-40,44-45,54,61,69H,12-13,17-18,20-23,25-28,33-35,37-38H2,1-3H3,(H,60,62)(H,63,68). The average molecular weight is 1050 g/mol. The second-order valence-corrected chi connectivity index (χ2v) is 24.5. The zero-order valence-corrected chi connectivity index (χ0v) is 44.6. The molecule has 17 heteroatoms. The summed E-state index contributed by atoms with van der Waals surface area (Å²) in [5.41, 5.74) is 4.90. The predicted molar refractivity (Wildman–Crippen MR) is 294 cm³/mol. The van der Waals surface area contributed by atoms with Gasteiger partial charge in [0.1, 0.15) is 28.6 Å². The fourth-order valence-corrected chi connectivity index (χ4v) is 13.3. The minimum absolute atomic E-state index is 0.0270. The average Bonchev–Trinajstić information content (AvgIpc) is 4.11. The second kappa shape index (κ2) is 21.1. The molecule has 4 aromatic carbocycles. The lowest BCUT2D eigenvalue weighted by molar-refractivity contribution is -0.384. The van der Waals surface area contributed by atoms with Crippen LogP contribution >= 0.6 is 0 Å². The molecule has 5 aliphatic rings. The molecular formula is C59H70N8O8S. The lowest BCUT2D eigenvalue weighted by Crippen LogP contribution is -2.60. The Morgan fingerprint density at radius 3 is 2.46 bits per heavy atom. The Morgan fingerprint density at radius 2 is 1.70 bits per heavy atom. The van der Waals surface area contributed by atoms with Crippen LogP contribution in [0.3, 0.4) is 0 Å². The largest absolute Gasteiger partial charge is 0.490 e. The van der Waals surface area contributed by atoms with E-state index in [2.05, 4.69) is 97.1 Å². The number of carbonyl (C=O) groups is 1. The van der Waals surface area contributed by atoms with E-state index in [1.165, 1.54) is 28.8 Å². The molecule has 2 aromatic heterocycles. The van der Waals surface area contributed by atoms with Crippen LogP contribution in [-0.2, 0) is 16.6 Å². The quantitative estimate of drug-likeness (QED) is 0.0498. The molecule has 1 amide bonds. The zero-order chi connectivity index (χ0) is 52.8. The lowest BCUT2D eigenvalue weighted by atomic mass is 9.59. The number of hydrogen-bond acceptors (Lipinski definition) is 13. The number of aliphatic hydroxyl groups is 1. The van der Waals surface area contributed by atoms with Crippen LogP contribution in [-0.4, -0.2) is 101 Å². The van der Waals surface area contributed by atoms with Gasteiger partial charge in [0.15, 0.2) is 0 Å². The molecule has 0 bridgehead atoms. The number of pyridine rings is 1. The number of rotatable bonds is 17. The molecule has 76 heavy (non-hydrogen) atoms. The van der Waals surface area contributed by atoms with E-state index in [0.717, 1.165) is 114 Å². The topological polar surface area (TPSA) is 195 Å². The van der Waals surface area contributed by atoms with Crippen molar-refractivity contribution in [3.8, 4) is 17.2 Å². The molecule has 3 saturated carbocycles. The van der Waals surface area contributed by atoms with E-state index in [1.54, 1.807) is 30.6 Å². The van der Waals surface area contributed by atoms with Gasteiger partial charge in [-0.1, -0.05) is 50.2 Å². The molecule has 1 unspecified atom stereocenters. The van der Waals surface area contributed by atoms with Crippen LogP contribution < -0.4 is 24.4 Å². The van der Waals surface area contributed by atoms with Crippen molar-refractivity contribution in [2.75, 3.05) is 49.5 Å². The van der Waals surface area contributed by atoms with Gasteiger partial charge in [-0.3, -0.25) is 24.7 Å². The minimum atomic E-state index is -4.59. The van der Waals surface area contributed by atoms with E-state index in [4.69, 9.17) is 9.47 Å². The molecular weight excluding hydrogens is 981 g/mol. The Balaban J connectivity index is 0.774. The van der Waals surface area contributed by atoms with Gasteiger partial charge in [0.05, 0.1) is 33.3 Å². The molecule has 6 aromatic rings. The Labute approximate surface area is 445 Å². The number of hydrogen-bond donors (Lipinski definition) is 4. The summed E-state index contributed by atoms with van der Waals surface area (Å²) in [7, 11) is -4.59. The highest BCUT2D eigenvalue weighted by molar-refractivity contribution is 7.90. The lowest BCUT2D eigenvalue weighted by Gasteiger charge is -2.58. The molecule has 16 nitrogen and oxygen atoms in total. The summed E-state index contributed by atoms with van der Waals surface area (Å²) in [6.07, 6.45) is 13.1. The van der Waals surface area contributed by atoms with E-state index in [9.17, 15) is 28.4 Å². The third kappa shape index (κ3) is 11.4. The molecule has 3 aliphatic carbocycles. The number of aromatic nitrogens is 2. The van der Waals surface area contributed by atoms with Gasteiger partial charge in [-0.15, -0.1) is 0 Å². The summed E-state index contributed by atoms with van der Waals surface area (Å²) in [5, 5.41) is 26.5. The van der Waals surface area contributed by atoms with Crippen molar-refractivity contribution in [1.82, 2.24) is 24.5 Å². The fourth-order valence-electron chi connectivity index (χ4n) is 12.3. The molecule has 0 radical (unpaired) electrons. The van der Waals surface area contributed by atoms with E-state index in [1.807, 2.05) is 19.1 Å². The maximum atomic E-state index is 14.1. The molecule has 4 N–H and O–H groups in total. The first kappa shape index (κ1) is 51.6. The molecule has 5 fully saturated rings. The highest BCUT2D eigenvalue weighted by atomic mass is 32.2. The SMILES string of the molecule is CC(C)c1ccccc1C1CN(Cc2cccc(OC3CC3)c2)CCN1C1CC2(CCN(c3ccc(C(=O)NS(=O)(=O)c4ccc(NCC5CCC(C)(O)CC5)c([N+](=O)[O-])c4)c(Oc4cnc5[nH]ccc5c4)c3)CC2)C1. The van der Waals surface area contributed by atoms with E-state index >= 15 is 0 Å². The summed E-state index contributed by atoms with van der Waals surface area (Å²) in [4.78, 5) is 40.6. The number of ether oxygens (including phenoxy) is 2. The number of benzene rings is 4. The van der Waals surface area contributed by atoms with Gasteiger partial charge in [0, 0.05) is 87.3 Å². The Hall–Kier alpha value is -6.53. The molecule has 1 spiro atoms. The van der Waals surface area contributed by atoms with Crippen molar-refractivity contribution in [2.45, 2.75) is 126 Å². The number of carbonyl (C=O) groups excluding carboxylic acids is 1. The van der Waals surface area contributed by atoms with Gasteiger partial charge >= 0.3 is 0 Å². The maximum absolute atomic E-state index is 14.1. The first-order valence-corrected chi connectivity index (χ1v) is 28.7. The summed E-state index contributed by atoms with van der Waals surface area (Å²) in [6.45, 7) is 12.3. The predicted octanol–water partition coefficient (Wildman–Crippen LogP) is 10.7. The van der Waals surface area contributed by atoms with Crippen molar-refractivity contribution in [1.29, 1.82) is 0 Å². The summed E-state index contributed by atoms with van der Waals surface area (Å²) in [6, 6.07) is 30.9. The highest BCUT2D eigenvalue weighted by Gasteiger charge is 2.50. The summed E-state index contributed by atoms with van der Waals surface area (Å²) in [5.74, 6) is 1.15. The number of amides is 1. The third-order valence-corrected chi connectivity index (χ3v) is 18.2. The van der Waals surface area contributed by atoms with Gasteiger partial charge in [0.2, 0.25) is 0 Å². The number of aromatic amines is 1. The van der Waals surface area contributed by atoms with Crippen LogP contribution in [0.2, 0.25) is 0 Å².